The van der Waals surface area contributed by atoms with E-state index < -0.39 is 12.4 Å². The number of alkyl halides is 3. The fraction of sp³-hybridized carbons (Fsp3) is 0.188. The van der Waals surface area contributed by atoms with Crippen LogP contribution in [0, 0.1) is 6.92 Å². The van der Waals surface area contributed by atoms with Gasteiger partial charge in [-0.3, -0.25) is 4.57 Å². The number of carbonyl (C=O) groups is 1. The molecule has 0 spiro atoms. The molecule has 0 bridgehead atoms. The highest BCUT2D eigenvalue weighted by Gasteiger charge is 2.31. The lowest BCUT2D eigenvalue weighted by atomic mass is 10.0. The molecule has 2 amide bonds. The number of urea groups is 1. The van der Waals surface area contributed by atoms with E-state index in [4.69, 9.17) is 4.74 Å². The molecule has 0 atom stereocenters. The van der Waals surface area contributed by atoms with E-state index in [-0.39, 0.29) is 11.7 Å². The van der Waals surface area contributed by atoms with Crippen molar-refractivity contribution in [2.75, 3.05) is 7.11 Å². The van der Waals surface area contributed by atoms with E-state index in [1.807, 2.05) is 59.3 Å². The van der Waals surface area contributed by atoms with Gasteiger partial charge in [-0.2, -0.15) is 4.99 Å². The third-order valence-corrected chi connectivity index (χ3v) is 7.60. The number of ether oxygens (including phenoxy) is 2. The third kappa shape index (κ3) is 7.68. The van der Waals surface area contributed by atoms with E-state index in [2.05, 4.69) is 39.0 Å². The Hall–Kier alpha value is -5.17. The Labute approximate surface area is 260 Å². The van der Waals surface area contributed by atoms with Crippen molar-refractivity contribution in [2.24, 2.45) is 4.99 Å². The molecule has 0 saturated carbocycles. The maximum absolute atomic E-state index is 12.7. The molecule has 232 valence electrons. The monoisotopic (exact) mass is 634 g/mol. The fourth-order valence-electron chi connectivity index (χ4n) is 4.48. The lowest BCUT2D eigenvalue weighted by Gasteiger charge is -2.16. The molecular formula is C32H29F3N6O3S. The van der Waals surface area contributed by atoms with Gasteiger partial charge in [0.05, 0.1) is 18.5 Å². The lowest BCUT2D eigenvalue weighted by molar-refractivity contribution is -0.274. The molecule has 2 aromatic heterocycles. The normalized spacial score (nSPS) is 12.2. The van der Waals surface area contributed by atoms with Crippen LogP contribution in [-0.2, 0) is 0 Å². The van der Waals surface area contributed by atoms with E-state index in [0.29, 0.717) is 16.3 Å². The van der Waals surface area contributed by atoms with E-state index in [1.165, 1.54) is 52.8 Å². The summed E-state index contributed by atoms with van der Waals surface area (Å²) < 4.78 is 49.9. The van der Waals surface area contributed by atoms with Gasteiger partial charge >= 0.3 is 12.4 Å². The number of nitrogens with one attached hydrogen (secondary N) is 1. The van der Waals surface area contributed by atoms with Crippen molar-refractivity contribution in [3.63, 3.8) is 0 Å². The molecule has 0 aliphatic carbocycles. The first-order valence-corrected chi connectivity index (χ1v) is 14.6. The van der Waals surface area contributed by atoms with E-state index in [0.717, 1.165) is 33.8 Å². The number of rotatable bonds is 8. The standard InChI is InChI=1S/C32H29F3N6O3S/c1-20(2)27-17-26(43-4)13-14-28(27)41-21(3)18-45-31(41)38-30(42)36-16-15-22-5-7-23(8-6-22)29-37-19-40(39-29)24-9-11-25(12-10-24)44-32(33,34)35/h5-20H,1-4H3,(H,36,42)/b16-15+,38-31-. The molecule has 0 fully saturated rings. The maximum Gasteiger partial charge on any atom is 0.573 e. The zero-order valence-electron chi connectivity index (χ0n) is 24.7. The van der Waals surface area contributed by atoms with Crippen LogP contribution in [0.3, 0.4) is 0 Å². The minimum absolute atomic E-state index is 0.229. The first-order valence-electron chi connectivity index (χ1n) is 13.8. The summed E-state index contributed by atoms with van der Waals surface area (Å²) in [4.78, 5) is 21.9. The molecule has 9 nitrogen and oxygen atoms in total. The molecule has 13 heteroatoms. The molecule has 0 unspecified atom stereocenters. The second-order valence-corrected chi connectivity index (χ2v) is 11.0. The zero-order valence-corrected chi connectivity index (χ0v) is 25.6. The van der Waals surface area contributed by atoms with Crippen LogP contribution < -0.4 is 19.6 Å². The summed E-state index contributed by atoms with van der Waals surface area (Å²) >= 11 is 1.38. The topological polar surface area (TPSA) is 95.6 Å². The predicted octanol–water partition coefficient (Wildman–Crippen LogP) is 7.41. The van der Waals surface area contributed by atoms with Crippen molar-refractivity contribution in [1.29, 1.82) is 0 Å². The smallest absolute Gasteiger partial charge is 0.497 e. The van der Waals surface area contributed by atoms with Gasteiger partial charge in [-0.15, -0.1) is 29.6 Å². The average molecular weight is 635 g/mol. The number of hydrogen-bond acceptors (Lipinski definition) is 6. The van der Waals surface area contributed by atoms with Gasteiger partial charge in [0.2, 0.25) is 0 Å². The quantitative estimate of drug-likeness (QED) is 0.192. The Morgan fingerprint density at radius 2 is 1.76 bits per heavy atom. The van der Waals surface area contributed by atoms with Crippen molar-refractivity contribution < 1.29 is 27.4 Å². The number of thiazole rings is 1. The predicted molar refractivity (Wildman–Crippen MR) is 166 cm³/mol. The van der Waals surface area contributed by atoms with Crippen LogP contribution in [-0.4, -0.2) is 38.8 Å². The molecule has 5 rings (SSSR count). The van der Waals surface area contributed by atoms with Gasteiger partial charge < -0.3 is 14.8 Å². The van der Waals surface area contributed by atoms with Crippen LogP contribution in [0.15, 0.2) is 89.6 Å². The first kappa shape index (κ1) is 31.3. The molecule has 2 heterocycles. The molecule has 0 saturated heterocycles. The van der Waals surface area contributed by atoms with Gasteiger partial charge in [-0.25, -0.2) is 14.5 Å². The summed E-state index contributed by atoms with van der Waals surface area (Å²) in [5.74, 6) is 1.11. The van der Waals surface area contributed by atoms with Crippen molar-refractivity contribution in [3.05, 3.63) is 106 Å². The number of methoxy groups -OCH3 is 1. The van der Waals surface area contributed by atoms with Gasteiger partial charge in [0.1, 0.15) is 17.8 Å². The van der Waals surface area contributed by atoms with Gasteiger partial charge in [0, 0.05) is 22.8 Å². The van der Waals surface area contributed by atoms with E-state index in [9.17, 15) is 18.0 Å². The lowest BCUT2D eigenvalue weighted by Crippen LogP contribution is -2.21. The van der Waals surface area contributed by atoms with Crippen molar-refractivity contribution >= 4 is 23.4 Å². The second-order valence-electron chi connectivity index (χ2n) is 10.1. The Kier molecular flexibility index (Phi) is 9.18. The first-order chi connectivity index (χ1) is 21.5. The van der Waals surface area contributed by atoms with Crippen molar-refractivity contribution in [1.82, 2.24) is 24.6 Å². The number of amides is 2. The average Bonchev–Trinajstić information content (AvgIpc) is 3.64. The Morgan fingerprint density at radius 1 is 1.04 bits per heavy atom. The van der Waals surface area contributed by atoms with Crippen LogP contribution in [0.25, 0.3) is 28.8 Å². The van der Waals surface area contributed by atoms with Crippen LogP contribution in [0.5, 0.6) is 11.5 Å². The largest absolute Gasteiger partial charge is 0.573 e. The minimum atomic E-state index is -4.76. The van der Waals surface area contributed by atoms with Crippen LogP contribution in [0.1, 0.15) is 36.6 Å². The summed E-state index contributed by atoms with van der Waals surface area (Å²) in [6.45, 7) is 6.18. The van der Waals surface area contributed by atoms with Gasteiger partial charge in [-0.1, -0.05) is 38.1 Å². The Bertz CT molecular complexity index is 1890. The van der Waals surface area contributed by atoms with Gasteiger partial charge in [0.25, 0.3) is 0 Å². The summed E-state index contributed by atoms with van der Waals surface area (Å²) in [6, 6.07) is 18.0. The van der Waals surface area contributed by atoms with Crippen molar-refractivity contribution in [3.8, 4) is 34.3 Å². The van der Waals surface area contributed by atoms with Crippen LogP contribution >= 0.6 is 11.3 Å². The number of hydrogen-bond donors (Lipinski definition) is 1. The molecule has 0 aliphatic heterocycles. The Balaban J connectivity index is 1.25. The van der Waals surface area contributed by atoms with E-state index in [1.54, 1.807) is 13.2 Å². The van der Waals surface area contributed by atoms with Gasteiger partial charge in [0.15, 0.2) is 10.6 Å². The number of benzene rings is 3. The molecule has 5 aromatic rings. The Morgan fingerprint density at radius 3 is 2.42 bits per heavy atom. The molecule has 0 radical (unpaired) electrons. The molecule has 45 heavy (non-hydrogen) atoms. The van der Waals surface area contributed by atoms with Crippen molar-refractivity contribution in [2.45, 2.75) is 33.1 Å². The SMILES string of the molecule is COc1ccc(-n2c(C)cs/c2=N\C(=O)N/C=C/c2ccc(-c3ncn(-c4ccc(OC(F)(F)F)cc4)n3)cc2)c(C(C)C)c1. The second kappa shape index (κ2) is 13.2. The summed E-state index contributed by atoms with van der Waals surface area (Å²) in [6.07, 6.45) is -0.0223. The number of carbonyl (C=O) groups excluding carboxylic acids is 1. The maximum atomic E-state index is 12.7. The number of aryl methyl sites for hydroxylation is 1. The highest BCUT2D eigenvalue weighted by molar-refractivity contribution is 7.07. The summed E-state index contributed by atoms with van der Waals surface area (Å²) in [7, 11) is 1.63. The highest BCUT2D eigenvalue weighted by atomic mass is 32.1. The van der Waals surface area contributed by atoms with E-state index >= 15 is 0 Å². The third-order valence-electron chi connectivity index (χ3n) is 6.65. The molecule has 3 aromatic carbocycles. The molecule has 0 aliphatic rings. The number of halogens is 3. The number of aromatic nitrogens is 4. The summed E-state index contributed by atoms with van der Waals surface area (Å²) in [5, 5.41) is 9.06. The zero-order chi connectivity index (χ0) is 32.1. The van der Waals surface area contributed by atoms with Crippen LogP contribution in [0.2, 0.25) is 0 Å². The minimum Gasteiger partial charge on any atom is -0.497 e. The fourth-order valence-corrected chi connectivity index (χ4v) is 5.35. The molecular weight excluding hydrogens is 605 g/mol. The number of nitrogens with zero attached hydrogens (tertiary/aromatic N) is 5. The summed E-state index contributed by atoms with van der Waals surface area (Å²) in [5.41, 5.74) is 5.06. The highest BCUT2D eigenvalue weighted by Crippen LogP contribution is 2.28. The van der Waals surface area contributed by atoms with Crippen LogP contribution in [0.4, 0.5) is 18.0 Å². The van der Waals surface area contributed by atoms with Gasteiger partial charge in [-0.05, 0) is 72.5 Å². The molecule has 1 N–H and O–H groups in total.